The second-order valence-corrected chi connectivity index (χ2v) is 15.8. The van der Waals surface area contributed by atoms with Gasteiger partial charge in [-0.1, -0.05) is 46.1 Å². The Morgan fingerprint density at radius 3 is 2.43 bits per heavy atom. The number of nitrogens with zero attached hydrogens (tertiary/aromatic N) is 2. The number of benzene rings is 3. The van der Waals surface area contributed by atoms with Gasteiger partial charge in [-0.05, 0) is 72.7 Å². The molecule has 2 N–H and O–H groups in total. The lowest BCUT2D eigenvalue weighted by molar-refractivity contribution is -0.384. The molecule has 1 saturated heterocycles. The Labute approximate surface area is 301 Å². The van der Waals surface area contributed by atoms with Crippen molar-refractivity contribution in [3.05, 3.63) is 106 Å². The summed E-state index contributed by atoms with van der Waals surface area (Å²) in [5, 5.41) is 15.6. The normalized spacial score (nSPS) is 26.3. The summed E-state index contributed by atoms with van der Waals surface area (Å²) in [5.41, 5.74) is 1.28. The highest BCUT2D eigenvalue weighted by Crippen LogP contribution is 2.69. The topological polar surface area (TPSA) is 152 Å². The number of carbonyl (C=O) groups excluding carboxylic acids is 3. The molecule has 11 nitrogen and oxygen atoms in total. The highest BCUT2D eigenvalue weighted by molar-refractivity contribution is 8.00. The molecule has 7 atom stereocenters. The molecule has 2 bridgehead atoms. The number of nitro groups is 1. The van der Waals surface area contributed by atoms with Gasteiger partial charge in [-0.2, -0.15) is 0 Å². The molecule has 49 heavy (non-hydrogen) atoms. The summed E-state index contributed by atoms with van der Waals surface area (Å²) in [7, 11) is 0. The molecule has 2 aliphatic carbocycles. The summed E-state index contributed by atoms with van der Waals surface area (Å²) >= 11 is 21.3. The first-order valence-electron chi connectivity index (χ1n) is 15.2. The summed E-state index contributed by atoms with van der Waals surface area (Å²) in [6, 6.07) is 15.3. The maximum atomic E-state index is 14.1. The van der Waals surface area contributed by atoms with E-state index in [2.05, 4.69) is 10.3 Å². The van der Waals surface area contributed by atoms with Crippen molar-refractivity contribution in [1.82, 2.24) is 4.98 Å². The number of aromatic nitrogens is 1. The molecule has 8 rings (SSSR count). The van der Waals surface area contributed by atoms with Crippen LogP contribution in [0.25, 0.3) is 0 Å². The minimum Gasteiger partial charge on any atom is -0.483 e. The fourth-order valence-corrected chi connectivity index (χ4v) is 11.5. The molecule has 0 unspecified atom stereocenters. The number of imide groups is 1. The van der Waals surface area contributed by atoms with E-state index >= 15 is 0 Å². The van der Waals surface area contributed by atoms with Crippen LogP contribution >= 0.6 is 57.9 Å². The lowest BCUT2D eigenvalue weighted by atomic mass is 9.68. The number of non-ortho nitro benzene ring substituents is 1. The predicted octanol–water partition coefficient (Wildman–Crippen LogP) is 7.00. The fraction of sp³-hybridized carbons (Fsp3) is 0.273. The lowest BCUT2D eigenvalue weighted by Crippen LogP contribution is -2.42. The minimum absolute atomic E-state index is 0.104. The number of hydrogen-bond donors (Lipinski definition) is 2. The van der Waals surface area contributed by atoms with E-state index in [4.69, 9.17) is 39.5 Å². The first-order chi connectivity index (χ1) is 23.5. The average molecular weight is 758 g/mol. The van der Waals surface area contributed by atoms with Crippen LogP contribution in [0, 0.1) is 39.7 Å². The summed E-state index contributed by atoms with van der Waals surface area (Å²) in [5.74, 6) is -2.73. The molecule has 2 aliphatic heterocycles. The second-order valence-electron chi connectivity index (χ2n) is 12.4. The number of thiazole rings is 1. The standard InChI is InChI=1S/C33H23Cl3N4O7S2/c34-13-1-8-22(47-12-23(41)37-14-2-7-20(35)21(36)10-14)17(9-13)24-25-18-11-19(28(25)48-30-29(24)49-33(44)38-30)27-26(18)31(42)39(32(27)43)15-3-5-16(6-4-15)40(45)46/h1-10,18-19,24-28H,11-12H2,(H,37,41)(H,38,44)/t18-,19-,24+,25-,26+,27+,28-/m1/s1. The number of anilines is 2. The summed E-state index contributed by atoms with van der Waals surface area (Å²) in [6.45, 7) is -0.339. The van der Waals surface area contributed by atoms with Crippen LogP contribution in [-0.4, -0.2) is 39.5 Å². The van der Waals surface area contributed by atoms with Crippen LogP contribution < -0.4 is 19.8 Å². The number of H-pyrrole nitrogens is 1. The molecular weight excluding hydrogens is 735 g/mol. The lowest BCUT2D eigenvalue weighted by Gasteiger charge is -2.43. The van der Waals surface area contributed by atoms with E-state index in [1.807, 2.05) is 0 Å². The summed E-state index contributed by atoms with van der Waals surface area (Å²) in [6.07, 6.45) is 0.654. The predicted molar refractivity (Wildman–Crippen MR) is 186 cm³/mol. The monoisotopic (exact) mass is 756 g/mol. The van der Waals surface area contributed by atoms with Gasteiger partial charge in [-0.3, -0.25) is 34.2 Å². The van der Waals surface area contributed by atoms with Crippen LogP contribution in [0.2, 0.25) is 15.1 Å². The third-order valence-corrected chi connectivity index (χ3v) is 13.5. The van der Waals surface area contributed by atoms with Crippen molar-refractivity contribution in [1.29, 1.82) is 0 Å². The van der Waals surface area contributed by atoms with Gasteiger partial charge in [0.1, 0.15) is 5.75 Å². The Kier molecular flexibility index (Phi) is 8.03. The Hall–Kier alpha value is -3.88. The van der Waals surface area contributed by atoms with Crippen molar-refractivity contribution in [2.45, 2.75) is 22.6 Å². The number of aromatic amines is 1. The maximum absolute atomic E-state index is 14.1. The SMILES string of the molecule is O=C(COc1ccc(Cl)cc1[C@@H]1c2sc(=O)[nH]c2S[C@@H]2[C@@H]3C[C@@H]([C@@H]4C(=O)N(c5ccc([N+](=O)[O-])cc5)C(=O)[C@@H]34)[C@H]12)Nc1ccc(Cl)c(Cl)c1. The number of carbonyl (C=O) groups is 3. The number of amides is 3. The molecule has 0 radical (unpaired) electrons. The van der Waals surface area contributed by atoms with Gasteiger partial charge in [0, 0.05) is 44.5 Å². The molecule has 250 valence electrons. The van der Waals surface area contributed by atoms with Crippen molar-refractivity contribution >= 4 is 92.7 Å². The Balaban J connectivity index is 1.12. The molecular formula is C33H23Cl3N4O7S2. The van der Waals surface area contributed by atoms with Crippen molar-refractivity contribution in [2.24, 2.45) is 29.6 Å². The number of thioether (sulfide) groups is 1. The van der Waals surface area contributed by atoms with Gasteiger partial charge in [0.2, 0.25) is 11.8 Å². The van der Waals surface area contributed by atoms with E-state index in [1.54, 1.807) is 30.3 Å². The first kappa shape index (κ1) is 32.3. The van der Waals surface area contributed by atoms with E-state index in [1.165, 1.54) is 47.0 Å². The number of hydrogen-bond acceptors (Lipinski definition) is 9. The molecule has 3 heterocycles. The summed E-state index contributed by atoms with van der Waals surface area (Å²) < 4.78 is 6.11. The van der Waals surface area contributed by atoms with Crippen molar-refractivity contribution in [3.8, 4) is 5.75 Å². The van der Waals surface area contributed by atoms with E-state index in [0.29, 0.717) is 44.2 Å². The average Bonchev–Trinajstić information content (AvgIpc) is 3.81. The molecule has 3 amide bonds. The minimum atomic E-state index is -0.588. The van der Waals surface area contributed by atoms with Gasteiger partial charge in [0.15, 0.2) is 6.61 Å². The van der Waals surface area contributed by atoms with Gasteiger partial charge in [0.25, 0.3) is 11.6 Å². The van der Waals surface area contributed by atoms with Crippen LogP contribution in [0.3, 0.4) is 0 Å². The van der Waals surface area contributed by atoms with Crippen molar-refractivity contribution < 1.29 is 24.0 Å². The van der Waals surface area contributed by atoms with Gasteiger partial charge in [0.05, 0.1) is 37.5 Å². The molecule has 4 aliphatic rings. The maximum Gasteiger partial charge on any atom is 0.305 e. The van der Waals surface area contributed by atoms with Gasteiger partial charge < -0.3 is 15.0 Å². The Morgan fingerprint density at radius 2 is 1.71 bits per heavy atom. The fourth-order valence-electron chi connectivity index (χ4n) is 8.15. The largest absolute Gasteiger partial charge is 0.483 e. The third kappa shape index (κ3) is 5.34. The highest BCUT2D eigenvalue weighted by atomic mass is 35.5. The smallest absolute Gasteiger partial charge is 0.305 e. The van der Waals surface area contributed by atoms with Crippen LogP contribution in [0.15, 0.2) is 70.5 Å². The zero-order valence-corrected chi connectivity index (χ0v) is 28.8. The van der Waals surface area contributed by atoms with Crippen molar-refractivity contribution in [3.63, 3.8) is 0 Å². The van der Waals surface area contributed by atoms with E-state index in [0.717, 1.165) is 16.2 Å². The number of nitro benzene ring substituents is 1. The zero-order valence-electron chi connectivity index (χ0n) is 24.9. The number of nitrogens with one attached hydrogen (secondary N) is 2. The number of ether oxygens (including phenoxy) is 1. The molecule has 16 heteroatoms. The summed E-state index contributed by atoms with van der Waals surface area (Å²) in [4.78, 5) is 69.0. The van der Waals surface area contributed by atoms with Crippen LogP contribution in [0.5, 0.6) is 5.75 Å². The molecule has 2 saturated carbocycles. The van der Waals surface area contributed by atoms with E-state index < -0.39 is 28.6 Å². The first-order valence-corrected chi connectivity index (χ1v) is 18.0. The Bertz CT molecular complexity index is 2140. The zero-order chi connectivity index (χ0) is 34.3. The molecule has 3 fully saturated rings. The number of fused-ring (bicyclic) bond motifs is 9. The van der Waals surface area contributed by atoms with Gasteiger partial charge >= 0.3 is 4.87 Å². The van der Waals surface area contributed by atoms with E-state index in [9.17, 15) is 29.3 Å². The highest BCUT2D eigenvalue weighted by Gasteiger charge is 2.70. The quantitative estimate of drug-likeness (QED) is 0.116. The third-order valence-electron chi connectivity index (χ3n) is 9.91. The molecule has 3 aromatic carbocycles. The molecule has 0 spiro atoms. The number of halogens is 3. The second kappa shape index (κ2) is 12.2. The Morgan fingerprint density at radius 1 is 0.980 bits per heavy atom. The van der Waals surface area contributed by atoms with Crippen LogP contribution in [-0.2, 0) is 14.4 Å². The van der Waals surface area contributed by atoms with Crippen molar-refractivity contribution in [2.75, 3.05) is 16.8 Å². The van der Waals surface area contributed by atoms with Crippen LogP contribution in [0.1, 0.15) is 22.8 Å². The van der Waals surface area contributed by atoms with Crippen LogP contribution in [0.4, 0.5) is 17.1 Å². The number of rotatable bonds is 7. The molecule has 1 aromatic heterocycles. The van der Waals surface area contributed by atoms with E-state index in [-0.39, 0.29) is 57.0 Å². The van der Waals surface area contributed by atoms with Gasteiger partial charge in [-0.25, -0.2) is 0 Å². The molecule has 4 aromatic rings. The van der Waals surface area contributed by atoms with Gasteiger partial charge in [-0.15, -0.1) is 11.8 Å².